The van der Waals surface area contributed by atoms with Crippen LogP contribution in [0, 0.1) is 5.82 Å². The minimum Gasteiger partial charge on any atom is -0.352 e. The normalized spacial score (nSPS) is 11.3. The number of hydrogen-bond acceptors (Lipinski definition) is 1. The molecule has 0 fully saturated rings. The van der Waals surface area contributed by atoms with Gasteiger partial charge in [0, 0.05) is 20.4 Å². The Balaban J connectivity index is 2.20. The van der Waals surface area contributed by atoms with Gasteiger partial charge in [0.2, 0.25) is 0 Å². The van der Waals surface area contributed by atoms with Gasteiger partial charge in [0.15, 0.2) is 0 Å². The topological polar surface area (TPSA) is 41.8 Å². The molecular formula is C18H17BrClFN2. The number of halogens is 3. The average molecular weight is 396 g/mol. The second-order valence-electron chi connectivity index (χ2n) is 5.51. The molecule has 0 aliphatic rings. The van der Waals surface area contributed by atoms with Crippen molar-refractivity contribution in [2.45, 2.75) is 19.3 Å². The SMILES string of the molecule is NCCCCc1c(-c2cc(Br)ccc2Cl)[nH]c2c(F)cccc12. The van der Waals surface area contributed by atoms with Crippen LogP contribution >= 0.6 is 27.5 Å². The highest BCUT2D eigenvalue weighted by atomic mass is 79.9. The minimum atomic E-state index is -0.250. The van der Waals surface area contributed by atoms with Crippen molar-refractivity contribution in [1.29, 1.82) is 0 Å². The quantitative estimate of drug-likeness (QED) is 0.537. The van der Waals surface area contributed by atoms with Gasteiger partial charge in [-0.05, 0) is 55.6 Å². The number of benzene rings is 2. The Hall–Kier alpha value is -1.36. The fraction of sp³-hybridized carbons (Fsp3) is 0.222. The van der Waals surface area contributed by atoms with E-state index < -0.39 is 0 Å². The molecular weight excluding hydrogens is 379 g/mol. The highest BCUT2D eigenvalue weighted by Gasteiger charge is 2.17. The summed E-state index contributed by atoms with van der Waals surface area (Å²) in [6.45, 7) is 0.656. The number of fused-ring (bicyclic) bond motifs is 1. The van der Waals surface area contributed by atoms with Gasteiger partial charge in [-0.2, -0.15) is 0 Å². The number of aromatic nitrogens is 1. The lowest BCUT2D eigenvalue weighted by Gasteiger charge is -2.08. The second-order valence-corrected chi connectivity index (χ2v) is 6.83. The number of rotatable bonds is 5. The number of aryl methyl sites for hydroxylation is 1. The molecule has 5 heteroatoms. The van der Waals surface area contributed by atoms with E-state index in [0.29, 0.717) is 17.1 Å². The van der Waals surface area contributed by atoms with Gasteiger partial charge >= 0.3 is 0 Å². The van der Waals surface area contributed by atoms with Crippen LogP contribution in [0.5, 0.6) is 0 Å². The van der Waals surface area contributed by atoms with Crippen LogP contribution in [0.1, 0.15) is 18.4 Å². The second kappa shape index (κ2) is 7.04. The lowest BCUT2D eigenvalue weighted by Crippen LogP contribution is -1.99. The van der Waals surface area contributed by atoms with E-state index in [4.69, 9.17) is 17.3 Å². The van der Waals surface area contributed by atoms with E-state index in [0.717, 1.165) is 45.9 Å². The van der Waals surface area contributed by atoms with Crippen molar-refractivity contribution in [2.75, 3.05) is 6.54 Å². The Morgan fingerprint density at radius 3 is 2.78 bits per heavy atom. The summed E-state index contributed by atoms with van der Waals surface area (Å²) in [6.07, 6.45) is 2.73. The molecule has 0 amide bonds. The number of H-pyrrole nitrogens is 1. The van der Waals surface area contributed by atoms with Gasteiger partial charge in [0.1, 0.15) is 5.82 Å². The molecule has 0 radical (unpaired) electrons. The Morgan fingerprint density at radius 2 is 2.00 bits per heavy atom. The molecule has 3 rings (SSSR count). The van der Waals surface area contributed by atoms with Gasteiger partial charge in [0.05, 0.1) is 11.2 Å². The van der Waals surface area contributed by atoms with Gasteiger partial charge < -0.3 is 10.7 Å². The van der Waals surface area contributed by atoms with Crippen LogP contribution in [0.25, 0.3) is 22.2 Å². The minimum absolute atomic E-state index is 0.250. The molecule has 0 saturated carbocycles. The number of nitrogens with two attached hydrogens (primary N) is 1. The summed E-state index contributed by atoms with van der Waals surface area (Å²) >= 11 is 9.85. The Labute approximate surface area is 148 Å². The van der Waals surface area contributed by atoms with E-state index in [-0.39, 0.29) is 5.82 Å². The van der Waals surface area contributed by atoms with E-state index >= 15 is 0 Å². The highest BCUT2D eigenvalue weighted by Crippen LogP contribution is 2.37. The zero-order valence-electron chi connectivity index (χ0n) is 12.5. The third-order valence-corrected chi connectivity index (χ3v) is 4.79. The fourth-order valence-corrected chi connectivity index (χ4v) is 3.44. The summed E-state index contributed by atoms with van der Waals surface area (Å²) in [4.78, 5) is 3.23. The van der Waals surface area contributed by atoms with E-state index in [1.54, 1.807) is 6.07 Å². The first-order valence-corrected chi connectivity index (χ1v) is 8.73. The van der Waals surface area contributed by atoms with Crippen molar-refractivity contribution in [3.63, 3.8) is 0 Å². The number of aromatic amines is 1. The zero-order valence-corrected chi connectivity index (χ0v) is 14.8. The van der Waals surface area contributed by atoms with Crippen molar-refractivity contribution in [3.05, 3.63) is 57.3 Å². The molecule has 0 aliphatic heterocycles. The molecule has 0 saturated heterocycles. The monoisotopic (exact) mass is 394 g/mol. The number of nitrogens with one attached hydrogen (secondary N) is 1. The van der Waals surface area contributed by atoms with Crippen molar-refractivity contribution < 1.29 is 4.39 Å². The molecule has 0 atom stereocenters. The lowest BCUT2D eigenvalue weighted by molar-refractivity contribution is 0.637. The summed E-state index contributed by atoms with van der Waals surface area (Å²) < 4.78 is 15.1. The maximum atomic E-state index is 14.2. The Kier molecular flexibility index (Phi) is 5.05. The van der Waals surface area contributed by atoms with Gasteiger partial charge in [-0.15, -0.1) is 0 Å². The summed E-state index contributed by atoms with van der Waals surface area (Å²) in [5.41, 5.74) is 8.98. The summed E-state index contributed by atoms with van der Waals surface area (Å²) in [7, 11) is 0. The predicted molar refractivity (Wildman–Crippen MR) is 98.4 cm³/mol. The van der Waals surface area contributed by atoms with E-state index in [1.165, 1.54) is 6.07 Å². The first-order chi connectivity index (χ1) is 11.1. The number of para-hydroxylation sites is 1. The van der Waals surface area contributed by atoms with Crippen LogP contribution in [-0.2, 0) is 6.42 Å². The van der Waals surface area contributed by atoms with Crippen molar-refractivity contribution in [3.8, 4) is 11.3 Å². The summed E-state index contributed by atoms with van der Waals surface area (Å²) in [6, 6.07) is 10.8. The molecule has 2 nitrogen and oxygen atoms in total. The van der Waals surface area contributed by atoms with Crippen molar-refractivity contribution in [1.82, 2.24) is 4.98 Å². The smallest absolute Gasteiger partial charge is 0.147 e. The van der Waals surface area contributed by atoms with Gasteiger partial charge in [-0.25, -0.2) is 4.39 Å². The molecule has 120 valence electrons. The van der Waals surface area contributed by atoms with Crippen molar-refractivity contribution >= 4 is 38.4 Å². The summed E-state index contributed by atoms with van der Waals surface area (Å²) in [5, 5.41) is 1.55. The standard InChI is InChI=1S/C18H17BrClFN2/c19-11-7-8-15(20)14(10-11)17-12(4-1-2-9-22)13-5-3-6-16(21)18(13)23-17/h3,5-8,10,23H,1-2,4,9,22H2. The number of unbranched alkanes of at least 4 members (excludes halogenated alkanes) is 1. The molecule has 3 N–H and O–H groups in total. The molecule has 3 aromatic rings. The molecule has 0 aliphatic carbocycles. The lowest BCUT2D eigenvalue weighted by atomic mass is 10.00. The van der Waals surface area contributed by atoms with Crippen LogP contribution in [0.3, 0.4) is 0 Å². The highest BCUT2D eigenvalue weighted by molar-refractivity contribution is 9.10. The Morgan fingerprint density at radius 1 is 1.17 bits per heavy atom. The van der Waals surface area contributed by atoms with Crippen LogP contribution in [-0.4, -0.2) is 11.5 Å². The zero-order chi connectivity index (χ0) is 16.4. The van der Waals surface area contributed by atoms with E-state index in [9.17, 15) is 4.39 Å². The predicted octanol–water partition coefficient (Wildman–Crippen LogP) is 5.67. The van der Waals surface area contributed by atoms with E-state index in [2.05, 4.69) is 20.9 Å². The average Bonchev–Trinajstić information content (AvgIpc) is 2.90. The Bertz CT molecular complexity index is 844. The maximum absolute atomic E-state index is 14.2. The third-order valence-electron chi connectivity index (χ3n) is 3.97. The molecule has 2 aromatic carbocycles. The molecule has 0 unspecified atom stereocenters. The number of hydrogen-bond donors (Lipinski definition) is 2. The molecule has 1 heterocycles. The van der Waals surface area contributed by atoms with E-state index in [1.807, 2.05) is 24.3 Å². The van der Waals surface area contributed by atoms with Crippen LogP contribution in [0.4, 0.5) is 4.39 Å². The summed E-state index contributed by atoms with van der Waals surface area (Å²) in [5.74, 6) is -0.250. The van der Waals surface area contributed by atoms with Gasteiger partial charge in [-0.3, -0.25) is 0 Å². The van der Waals surface area contributed by atoms with Crippen LogP contribution in [0.15, 0.2) is 40.9 Å². The van der Waals surface area contributed by atoms with Gasteiger partial charge in [-0.1, -0.05) is 39.7 Å². The fourth-order valence-electron chi connectivity index (χ4n) is 2.86. The first-order valence-electron chi connectivity index (χ1n) is 7.56. The first kappa shape index (κ1) is 16.5. The molecule has 0 spiro atoms. The van der Waals surface area contributed by atoms with Crippen LogP contribution in [0.2, 0.25) is 5.02 Å². The molecule has 1 aromatic heterocycles. The van der Waals surface area contributed by atoms with Crippen LogP contribution < -0.4 is 5.73 Å². The molecule has 0 bridgehead atoms. The molecule has 23 heavy (non-hydrogen) atoms. The largest absolute Gasteiger partial charge is 0.352 e. The third kappa shape index (κ3) is 3.30. The van der Waals surface area contributed by atoms with Crippen molar-refractivity contribution in [2.24, 2.45) is 5.73 Å². The maximum Gasteiger partial charge on any atom is 0.147 e. The van der Waals surface area contributed by atoms with Gasteiger partial charge in [0.25, 0.3) is 0 Å².